The summed E-state index contributed by atoms with van der Waals surface area (Å²) in [5.74, 6) is -1.13. The molecule has 0 spiro atoms. The number of hydrogen-bond acceptors (Lipinski definition) is 3. The lowest BCUT2D eigenvalue weighted by molar-refractivity contribution is -0.132. The molecule has 0 heterocycles. The second-order valence-corrected chi connectivity index (χ2v) is 3.62. The van der Waals surface area contributed by atoms with E-state index in [0.29, 0.717) is 0 Å². The summed E-state index contributed by atoms with van der Waals surface area (Å²) >= 11 is 0. The van der Waals surface area contributed by atoms with Gasteiger partial charge in [-0.25, -0.2) is 0 Å². The van der Waals surface area contributed by atoms with Crippen LogP contribution in [0.15, 0.2) is 0 Å². The van der Waals surface area contributed by atoms with E-state index < -0.39 is 11.4 Å². The van der Waals surface area contributed by atoms with Crippen LogP contribution in [0.25, 0.3) is 0 Å². The highest BCUT2D eigenvalue weighted by atomic mass is 16.2. The lowest BCUT2D eigenvalue weighted by atomic mass is 10.0. The quantitative estimate of drug-likeness (QED) is 0.524. The molecule has 1 atom stereocenters. The van der Waals surface area contributed by atoms with E-state index in [1.807, 2.05) is 0 Å². The Balaban J connectivity index is 4.28. The SMILES string of the molecule is CC(CN)C(=O)NC(C)(C)C(N)=O. The first kappa shape index (κ1) is 11.9. The molecule has 0 bridgehead atoms. The number of amides is 2. The van der Waals surface area contributed by atoms with E-state index >= 15 is 0 Å². The smallest absolute Gasteiger partial charge is 0.242 e. The normalized spacial score (nSPS) is 13.5. The highest BCUT2D eigenvalue weighted by Gasteiger charge is 2.28. The molecule has 5 nitrogen and oxygen atoms in total. The molecule has 0 aromatic rings. The molecule has 0 radical (unpaired) electrons. The van der Waals surface area contributed by atoms with Crippen molar-refractivity contribution >= 4 is 11.8 Å². The molecule has 0 saturated heterocycles. The summed E-state index contributed by atoms with van der Waals surface area (Å²) in [6, 6.07) is 0. The third-order valence-electron chi connectivity index (χ3n) is 1.85. The van der Waals surface area contributed by atoms with Crippen molar-refractivity contribution in [3.63, 3.8) is 0 Å². The van der Waals surface area contributed by atoms with Crippen molar-refractivity contribution in [2.45, 2.75) is 26.3 Å². The summed E-state index contributed by atoms with van der Waals surface area (Å²) in [4.78, 5) is 22.1. The number of hydrogen-bond donors (Lipinski definition) is 3. The second-order valence-electron chi connectivity index (χ2n) is 3.62. The standard InChI is InChI=1S/C8H17N3O2/c1-5(4-9)6(12)11-8(2,3)7(10)13/h5H,4,9H2,1-3H3,(H2,10,13)(H,11,12). The van der Waals surface area contributed by atoms with Crippen LogP contribution in [0.3, 0.4) is 0 Å². The minimum atomic E-state index is -1.01. The fraction of sp³-hybridized carbons (Fsp3) is 0.750. The molecule has 13 heavy (non-hydrogen) atoms. The summed E-state index contributed by atoms with van der Waals surface area (Å²) in [5, 5.41) is 2.51. The summed E-state index contributed by atoms with van der Waals surface area (Å²) in [6.45, 7) is 5.04. The third-order valence-corrected chi connectivity index (χ3v) is 1.85. The molecule has 0 rings (SSSR count). The number of nitrogens with one attached hydrogen (secondary N) is 1. The highest BCUT2D eigenvalue weighted by Crippen LogP contribution is 2.02. The Bertz CT molecular complexity index is 213. The van der Waals surface area contributed by atoms with Crippen LogP contribution in [0.4, 0.5) is 0 Å². The first-order valence-corrected chi connectivity index (χ1v) is 4.13. The van der Waals surface area contributed by atoms with Crippen molar-refractivity contribution in [3.05, 3.63) is 0 Å². The maximum atomic E-state index is 11.3. The van der Waals surface area contributed by atoms with Crippen LogP contribution in [-0.4, -0.2) is 23.9 Å². The van der Waals surface area contributed by atoms with E-state index in [0.717, 1.165) is 0 Å². The predicted molar refractivity (Wildman–Crippen MR) is 49.6 cm³/mol. The minimum Gasteiger partial charge on any atom is -0.368 e. The van der Waals surface area contributed by atoms with Gasteiger partial charge in [0.05, 0.1) is 0 Å². The molecule has 1 unspecified atom stereocenters. The predicted octanol–water partition coefficient (Wildman–Crippen LogP) is -1.04. The van der Waals surface area contributed by atoms with Gasteiger partial charge in [0.1, 0.15) is 5.54 Å². The molecule has 0 aliphatic carbocycles. The maximum Gasteiger partial charge on any atom is 0.242 e. The van der Waals surface area contributed by atoms with Crippen LogP contribution < -0.4 is 16.8 Å². The summed E-state index contributed by atoms with van der Waals surface area (Å²) < 4.78 is 0. The molecule has 76 valence electrons. The van der Waals surface area contributed by atoms with E-state index in [4.69, 9.17) is 11.5 Å². The molecule has 0 aliphatic heterocycles. The van der Waals surface area contributed by atoms with Crippen LogP contribution in [0, 0.1) is 5.92 Å². The highest BCUT2D eigenvalue weighted by molar-refractivity contribution is 5.90. The van der Waals surface area contributed by atoms with Gasteiger partial charge >= 0.3 is 0 Å². The van der Waals surface area contributed by atoms with Crippen LogP contribution in [0.1, 0.15) is 20.8 Å². The molecule has 5 heteroatoms. The number of carbonyl (C=O) groups is 2. The number of nitrogens with two attached hydrogens (primary N) is 2. The van der Waals surface area contributed by atoms with Gasteiger partial charge in [0.15, 0.2) is 0 Å². The van der Waals surface area contributed by atoms with E-state index in [-0.39, 0.29) is 18.4 Å². The van der Waals surface area contributed by atoms with Gasteiger partial charge in [-0.1, -0.05) is 6.92 Å². The van der Waals surface area contributed by atoms with Crippen LogP contribution >= 0.6 is 0 Å². The summed E-state index contributed by atoms with van der Waals surface area (Å²) in [6.07, 6.45) is 0. The van der Waals surface area contributed by atoms with Crippen LogP contribution in [0.5, 0.6) is 0 Å². The molecular formula is C8H17N3O2. The van der Waals surface area contributed by atoms with E-state index in [2.05, 4.69) is 5.32 Å². The van der Waals surface area contributed by atoms with Gasteiger partial charge < -0.3 is 16.8 Å². The third kappa shape index (κ3) is 3.42. The largest absolute Gasteiger partial charge is 0.368 e. The summed E-state index contributed by atoms with van der Waals surface area (Å²) in [5.41, 5.74) is 9.35. The number of rotatable bonds is 4. The zero-order chi connectivity index (χ0) is 10.6. The Hall–Kier alpha value is -1.10. The monoisotopic (exact) mass is 187 g/mol. The second kappa shape index (κ2) is 4.23. The van der Waals surface area contributed by atoms with Crippen molar-refractivity contribution in [1.29, 1.82) is 0 Å². The average molecular weight is 187 g/mol. The van der Waals surface area contributed by atoms with Gasteiger partial charge in [0.2, 0.25) is 11.8 Å². The molecule has 0 aromatic heterocycles. The fourth-order valence-corrected chi connectivity index (χ4v) is 0.600. The van der Waals surface area contributed by atoms with Crippen molar-refractivity contribution in [3.8, 4) is 0 Å². The lowest BCUT2D eigenvalue weighted by Crippen LogP contribution is -2.54. The van der Waals surface area contributed by atoms with Crippen LogP contribution in [0.2, 0.25) is 0 Å². The van der Waals surface area contributed by atoms with Crippen LogP contribution in [-0.2, 0) is 9.59 Å². The van der Waals surface area contributed by atoms with Crippen molar-refractivity contribution in [2.75, 3.05) is 6.54 Å². The first-order chi connectivity index (χ1) is 5.81. The van der Waals surface area contributed by atoms with Gasteiger partial charge in [0.25, 0.3) is 0 Å². The maximum absolute atomic E-state index is 11.3. The van der Waals surface area contributed by atoms with Crippen molar-refractivity contribution < 1.29 is 9.59 Å². The molecule has 5 N–H and O–H groups in total. The van der Waals surface area contributed by atoms with E-state index in [1.54, 1.807) is 20.8 Å². The Labute approximate surface area is 77.8 Å². The van der Waals surface area contributed by atoms with Gasteiger partial charge in [-0.2, -0.15) is 0 Å². The topological polar surface area (TPSA) is 98.2 Å². The lowest BCUT2D eigenvalue weighted by Gasteiger charge is -2.23. The zero-order valence-electron chi connectivity index (χ0n) is 8.26. The molecule has 2 amide bonds. The molecular weight excluding hydrogens is 170 g/mol. The average Bonchev–Trinajstić information content (AvgIpc) is 2.01. The molecule has 0 fully saturated rings. The number of primary amides is 1. The Morgan fingerprint density at radius 2 is 1.92 bits per heavy atom. The number of carbonyl (C=O) groups excluding carboxylic acids is 2. The van der Waals surface area contributed by atoms with E-state index in [1.165, 1.54) is 0 Å². The Morgan fingerprint density at radius 1 is 1.46 bits per heavy atom. The van der Waals surface area contributed by atoms with Gasteiger partial charge in [-0.3, -0.25) is 9.59 Å². The van der Waals surface area contributed by atoms with Gasteiger partial charge in [0, 0.05) is 12.5 Å². The van der Waals surface area contributed by atoms with Crippen molar-refractivity contribution in [1.82, 2.24) is 5.32 Å². The van der Waals surface area contributed by atoms with Crippen molar-refractivity contribution in [2.24, 2.45) is 17.4 Å². The Morgan fingerprint density at radius 3 is 2.23 bits per heavy atom. The summed E-state index contributed by atoms with van der Waals surface area (Å²) in [7, 11) is 0. The molecule has 0 saturated carbocycles. The molecule has 0 aliphatic rings. The zero-order valence-corrected chi connectivity index (χ0v) is 8.26. The minimum absolute atomic E-state index is 0.251. The van der Waals surface area contributed by atoms with Gasteiger partial charge in [-0.15, -0.1) is 0 Å². The Kier molecular flexibility index (Phi) is 3.87. The first-order valence-electron chi connectivity index (χ1n) is 4.13. The molecule has 0 aromatic carbocycles. The fourth-order valence-electron chi connectivity index (χ4n) is 0.600. The van der Waals surface area contributed by atoms with E-state index in [9.17, 15) is 9.59 Å². The van der Waals surface area contributed by atoms with Gasteiger partial charge in [-0.05, 0) is 13.8 Å².